The van der Waals surface area contributed by atoms with Gasteiger partial charge in [-0.1, -0.05) is 25.1 Å². The topological polar surface area (TPSA) is 46.2 Å². The normalized spacial score (nSPS) is 33.5. The first-order chi connectivity index (χ1) is 8.56. The Labute approximate surface area is 109 Å². The van der Waals surface area contributed by atoms with Gasteiger partial charge in [-0.15, -0.1) is 0 Å². The lowest BCUT2D eigenvalue weighted by molar-refractivity contribution is 0.219. The minimum absolute atomic E-state index is 0.210. The van der Waals surface area contributed by atoms with E-state index in [-0.39, 0.29) is 11.8 Å². The third kappa shape index (κ3) is 2.08. The molecule has 1 aromatic rings. The molecule has 1 aromatic carbocycles. The van der Waals surface area contributed by atoms with Crippen molar-refractivity contribution in [1.29, 1.82) is 0 Å². The monoisotopic (exact) mass is 265 g/mol. The Morgan fingerprint density at radius 1 is 1.22 bits per heavy atom. The molecule has 1 atom stereocenters. The van der Waals surface area contributed by atoms with E-state index in [4.69, 9.17) is 0 Å². The maximum atomic E-state index is 12.0. The van der Waals surface area contributed by atoms with Crippen LogP contribution < -0.4 is 5.32 Å². The lowest BCUT2D eigenvalue weighted by Crippen LogP contribution is -2.43. The summed E-state index contributed by atoms with van der Waals surface area (Å²) in [6.07, 6.45) is 3.13. The van der Waals surface area contributed by atoms with Gasteiger partial charge in [-0.25, -0.2) is 8.42 Å². The molecule has 1 heterocycles. The molecule has 4 heteroatoms. The summed E-state index contributed by atoms with van der Waals surface area (Å²) in [7, 11) is -3.05. The first-order valence-electron chi connectivity index (χ1n) is 6.64. The lowest BCUT2D eigenvalue weighted by atomic mass is 9.81. The second-order valence-electron chi connectivity index (χ2n) is 5.64. The summed E-state index contributed by atoms with van der Waals surface area (Å²) >= 11 is 0. The molecular weight excluding hydrogens is 246 g/mol. The summed E-state index contributed by atoms with van der Waals surface area (Å²) in [5.74, 6) is 1.08. The number of fused-ring (bicyclic) bond motifs is 1. The molecule has 0 spiro atoms. The first-order valence-corrected chi connectivity index (χ1v) is 8.29. The quantitative estimate of drug-likeness (QED) is 0.892. The Balaban J connectivity index is 1.85. The smallest absolute Gasteiger partial charge is 0.178 e. The van der Waals surface area contributed by atoms with Gasteiger partial charge in [0.15, 0.2) is 9.84 Å². The third-order valence-electron chi connectivity index (χ3n) is 4.12. The van der Waals surface area contributed by atoms with Crippen LogP contribution in [0.2, 0.25) is 0 Å². The van der Waals surface area contributed by atoms with E-state index in [1.165, 1.54) is 12.8 Å². The van der Waals surface area contributed by atoms with Crippen LogP contribution in [0.3, 0.4) is 0 Å². The predicted molar refractivity (Wildman–Crippen MR) is 71.2 cm³/mol. The molecule has 0 bridgehead atoms. The fraction of sp³-hybridized carbons (Fsp3) is 0.571. The molecule has 1 unspecified atom stereocenters. The van der Waals surface area contributed by atoms with Crippen LogP contribution in [0, 0.1) is 5.92 Å². The standard InChI is InChI=1S/C14H19NO2S/c1-10-8-11(9-10)15-13-6-7-18(16,17)14-5-3-2-4-12(13)14/h2-5,10-11,13,15H,6-9H2,1H3. The first kappa shape index (κ1) is 12.2. The minimum Gasteiger partial charge on any atom is -0.307 e. The van der Waals surface area contributed by atoms with Crippen LogP contribution in [0.5, 0.6) is 0 Å². The predicted octanol–water partition coefficient (Wildman–Crippen LogP) is 2.29. The van der Waals surface area contributed by atoms with Crippen LogP contribution in [0.4, 0.5) is 0 Å². The molecule has 1 aliphatic heterocycles. The second kappa shape index (κ2) is 4.35. The molecule has 0 amide bonds. The van der Waals surface area contributed by atoms with Gasteiger partial charge in [0.2, 0.25) is 0 Å². The van der Waals surface area contributed by atoms with Gasteiger partial charge in [0, 0.05) is 12.1 Å². The van der Waals surface area contributed by atoms with Gasteiger partial charge in [-0.05, 0) is 36.8 Å². The summed E-state index contributed by atoms with van der Waals surface area (Å²) < 4.78 is 24.0. The Bertz CT molecular complexity index is 547. The number of hydrogen-bond donors (Lipinski definition) is 1. The molecule has 0 saturated heterocycles. The van der Waals surface area contributed by atoms with Gasteiger partial charge in [-0.3, -0.25) is 0 Å². The fourth-order valence-electron chi connectivity index (χ4n) is 3.09. The van der Waals surface area contributed by atoms with Crippen LogP contribution in [0.15, 0.2) is 29.2 Å². The largest absolute Gasteiger partial charge is 0.307 e. The average molecular weight is 265 g/mol. The van der Waals surface area contributed by atoms with E-state index in [9.17, 15) is 8.42 Å². The fourth-order valence-corrected chi connectivity index (χ4v) is 4.71. The van der Waals surface area contributed by atoms with Crippen LogP contribution in [-0.4, -0.2) is 20.2 Å². The molecule has 1 saturated carbocycles. The second-order valence-corrected chi connectivity index (χ2v) is 7.72. The van der Waals surface area contributed by atoms with Crippen LogP contribution in [-0.2, 0) is 9.84 Å². The van der Waals surface area contributed by atoms with Crippen LogP contribution in [0.1, 0.15) is 37.8 Å². The molecule has 1 aliphatic carbocycles. The van der Waals surface area contributed by atoms with Crippen molar-refractivity contribution in [3.63, 3.8) is 0 Å². The number of hydrogen-bond acceptors (Lipinski definition) is 3. The Hall–Kier alpha value is -0.870. The van der Waals surface area contributed by atoms with Crippen molar-refractivity contribution in [2.24, 2.45) is 5.92 Å². The van der Waals surface area contributed by atoms with E-state index in [0.29, 0.717) is 17.4 Å². The Kier molecular flexibility index (Phi) is 2.94. The third-order valence-corrected chi connectivity index (χ3v) is 5.93. The zero-order chi connectivity index (χ0) is 12.8. The molecular formula is C14H19NO2S. The van der Waals surface area contributed by atoms with E-state index in [2.05, 4.69) is 12.2 Å². The van der Waals surface area contributed by atoms with E-state index in [1.807, 2.05) is 18.2 Å². The van der Waals surface area contributed by atoms with Crippen molar-refractivity contribution in [1.82, 2.24) is 5.32 Å². The summed E-state index contributed by atoms with van der Waals surface area (Å²) in [6, 6.07) is 8.21. The SMILES string of the molecule is CC1CC(NC2CCS(=O)(=O)c3ccccc32)C1. The van der Waals surface area contributed by atoms with Gasteiger partial charge >= 0.3 is 0 Å². The molecule has 0 aromatic heterocycles. The molecule has 3 rings (SSSR count). The molecule has 98 valence electrons. The van der Waals surface area contributed by atoms with Crippen LogP contribution >= 0.6 is 0 Å². The van der Waals surface area contributed by atoms with Crippen molar-refractivity contribution in [3.05, 3.63) is 29.8 Å². The van der Waals surface area contributed by atoms with E-state index >= 15 is 0 Å². The average Bonchev–Trinajstić information content (AvgIpc) is 2.31. The lowest BCUT2D eigenvalue weighted by Gasteiger charge is -2.38. The summed E-state index contributed by atoms with van der Waals surface area (Å²) in [4.78, 5) is 0.529. The zero-order valence-electron chi connectivity index (χ0n) is 10.6. The van der Waals surface area contributed by atoms with Crippen molar-refractivity contribution in [3.8, 4) is 0 Å². The zero-order valence-corrected chi connectivity index (χ0v) is 11.4. The maximum absolute atomic E-state index is 12.0. The Morgan fingerprint density at radius 3 is 2.67 bits per heavy atom. The summed E-state index contributed by atoms with van der Waals surface area (Å²) in [6.45, 7) is 2.26. The molecule has 2 aliphatic rings. The molecule has 1 N–H and O–H groups in total. The number of benzene rings is 1. The van der Waals surface area contributed by atoms with Crippen molar-refractivity contribution in [2.45, 2.75) is 43.2 Å². The van der Waals surface area contributed by atoms with Crippen molar-refractivity contribution in [2.75, 3.05) is 5.75 Å². The highest BCUT2D eigenvalue weighted by Crippen LogP contribution is 2.35. The van der Waals surface area contributed by atoms with Gasteiger partial charge < -0.3 is 5.32 Å². The van der Waals surface area contributed by atoms with Gasteiger partial charge in [0.25, 0.3) is 0 Å². The molecule has 0 radical (unpaired) electrons. The maximum Gasteiger partial charge on any atom is 0.178 e. The highest BCUT2D eigenvalue weighted by Gasteiger charge is 2.33. The van der Waals surface area contributed by atoms with Gasteiger partial charge in [0.05, 0.1) is 10.6 Å². The van der Waals surface area contributed by atoms with Gasteiger partial charge in [0.1, 0.15) is 0 Å². The summed E-state index contributed by atoms with van der Waals surface area (Å²) in [5, 5.41) is 3.62. The number of nitrogens with one attached hydrogen (secondary N) is 1. The van der Waals surface area contributed by atoms with E-state index in [0.717, 1.165) is 11.5 Å². The van der Waals surface area contributed by atoms with Gasteiger partial charge in [-0.2, -0.15) is 0 Å². The highest BCUT2D eigenvalue weighted by molar-refractivity contribution is 7.91. The molecule has 18 heavy (non-hydrogen) atoms. The van der Waals surface area contributed by atoms with Crippen molar-refractivity contribution < 1.29 is 8.42 Å². The van der Waals surface area contributed by atoms with Crippen molar-refractivity contribution >= 4 is 9.84 Å². The number of sulfone groups is 1. The number of rotatable bonds is 2. The van der Waals surface area contributed by atoms with Crippen LogP contribution in [0.25, 0.3) is 0 Å². The highest BCUT2D eigenvalue weighted by atomic mass is 32.2. The molecule has 3 nitrogen and oxygen atoms in total. The summed E-state index contributed by atoms with van der Waals surface area (Å²) in [5.41, 5.74) is 0.961. The minimum atomic E-state index is -3.05. The van der Waals surface area contributed by atoms with E-state index in [1.54, 1.807) is 6.07 Å². The Morgan fingerprint density at radius 2 is 1.94 bits per heavy atom. The molecule has 1 fully saturated rings. The van der Waals surface area contributed by atoms with E-state index < -0.39 is 9.84 Å².